The van der Waals surface area contributed by atoms with E-state index in [0.29, 0.717) is 12.1 Å². The zero-order chi connectivity index (χ0) is 18.1. The highest BCUT2D eigenvalue weighted by Gasteiger charge is 2.31. The minimum atomic E-state index is -5.34. The summed E-state index contributed by atoms with van der Waals surface area (Å²) >= 11 is 0. The first-order valence-corrected chi connectivity index (χ1v) is 7.50. The molecule has 3 N–H and O–H groups in total. The van der Waals surface area contributed by atoms with Gasteiger partial charge >= 0.3 is 16.4 Å². The number of para-hydroxylation sites is 1. The molecule has 0 aliphatic heterocycles. The molecule has 2 aromatic rings. The average Bonchev–Trinajstić information content (AvgIpc) is 2.44. The van der Waals surface area contributed by atoms with Gasteiger partial charge in [0.15, 0.2) is 23.2 Å². The van der Waals surface area contributed by atoms with Crippen molar-refractivity contribution in [3.05, 3.63) is 53.8 Å². The molecule has 7 nitrogen and oxygen atoms in total. The van der Waals surface area contributed by atoms with Crippen LogP contribution < -0.4 is 14.8 Å². The van der Waals surface area contributed by atoms with E-state index < -0.39 is 51.0 Å². The van der Waals surface area contributed by atoms with Crippen LogP contribution in [-0.4, -0.2) is 19.1 Å². The number of primary amides is 1. The quantitative estimate of drug-likeness (QED) is 0.812. The Morgan fingerprint density at radius 3 is 2.12 bits per heavy atom. The lowest BCUT2D eigenvalue weighted by Gasteiger charge is -2.22. The number of nitrogens with two attached hydrogens (primary N) is 1. The van der Waals surface area contributed by atoms with Crippen LogP contribution in [0, 0.1) is 17.5 Å². The monoisotopic (exact) mass is 362 g/mol. The first kappa shape index (κ1) is 17.6. The smallest absolute Gasteiger partial charge is 0.407 e. The van der Waals surface area contributed by atoms with E-state index in [1.165, 1.54) is 0 Å². The van der Waals surface area contributed by atoms with Gasteiger partial charge in [0.05, 0.1) is 5.69 Å². The van der Waals surface area contributed by atoms with Crippen molar-refractivity contribution >= 4 is 27.8 Å². The van der Waals surface area contributed by atoms with Crippen LogP contribution in [0.3, 0.4) is 0 Å². The van der Waals surface area contributed by atoms with Gasteiger partial charge in [-0.3, -0.25) is 4.55 Å². The van der Waals surface area contributed by atoms with Gasteiger partial charge in [-0.2, -0.15) is 8.42 Å². The third-order valence-electron chi connectivity index (χ3n) is 2.74. The Bertz CT molecular complexity index is 884. The molecule has 11 heteroatoms. The second-order valence-electron chi connectivity index (χ2n) is 4.32. The van der Waals surface area contributed by atoms with Gasteiger partial charge in [0.2, 0.25) is 0 Å². The van der Waals surface area contributed by atoms with Crippen molar-refractivity contribution < 1.29 is 35.7 Å². The molecule has 0 radical (unpaired) electrons. The fourth-order valence-electron chi connectivity index (χ4n) is 1.89. The molecule has 0 aliphatic carbocycles. The van der Waals surface area contributed by atoms with Gasteiger partial charge in [0.25, 0.3) is 0 Å². The first-order valence-electron chi connectivity index (χ1n) is 6.10. The van der Waals surface area contributed by atoms with Crippen molar-refractivity contribution in [1.82, 2.24) is 0 Å². The average molecular weight is 362 g/mol. The second-order valence-corrected chi connectivity index (χ2v) is 5.58. The molecule has 0 atom stereocenters. The van der Waals surface area contributed by atoms with E-state index in [2.05, 4.69) is 4.74 Å². The fraction of sp³-hybridized carbons (Fsp3) is 0. The van der Waals surface area contributed by atoms with Crippen LogP contribution >= 0.6 is 0 Å². The van der Waals surface area contributed by atoms with Crippen LogP contribution in [0.2, 0.25) is 0 Å². The molecule has 0 aliphatic rings. The summed E-state index contributed by atoms with van der Waals surface area (Å²) in [6.07, 6.45) is -1.40. The summed E-state index contributed by atoms with van der Waals surface area (Å²) in [5, 5.41) is 0. The highest BCUT2D eigenvalue weighted by atomic mass is 32.2. The Balaban J connectivity index is 2.75. The molecule has 0 heterocycles. The fourth-order valence-corrected chi connectivity index (χ4v) is 2.68. The molecule has 0 spiro atoms. The third kappa shape index (κ3) is 3.41. The van der Waals surface area contributed by atoms with E-state index >= 15 is 0 Å². The predicted molar refractivity (Wildman–Crippen MR) is 76.7 cm³/mol. The van der Waals surface area contributed by atoms with E-state index in [4.69, 9.17) is 5.73 Å². The number of ether oxygens (including phenoxy) is 1. The van der Waals surface area contributed by atoms with Gasteiger partial charge in [-0.05, 0) is 24.3 Å². The summed E-state index contributed by atoms with van der Waals surface area (Å²) in [4.78, 5) is 10.7. The topological polar surface area (TPSA) is 110 Å². The minimum Gasteiger partial charge on any atom is -0.407 e. The molecule has 0 saturated carbocycles. The van der Waals surface area contributed by atoms with Crippen LogP contribution in [0.5, 0.6) is 5.75 Å². The zero-order valence-corrected chi connectivity index (χ0v) is 12.4. The zero-order valence-electron chi connectivity index (χ0n) is 11.6. The van der Waals surface area contributed by atoms with Gasteiger partial charge < -0.3 is 10.5 Å². The summed E-state index contributed by atoms with van der Waals surface area (Å²) in [6, 6.07) is 5.09. The molecule has 1 amide bonds. The summed E-state index contributed by atoms with van der Waals surface area (Å²) in [7, 11) is -5.34. The largest absolute Gasteiger partial charge is 0.410 e. The molecular formula is C13H9F3N2O5S. The van der Waals surface area contributed by atoms with Crippen molar-refractivity contribution in [2.75, 3.05) is 4.31 Å². The van der Waals surface area contributed by atoms with Gasteiger partial charge in [-0.1, -0.05) is 12.1 Å². The molecule has 0 unspecified atom stereocenters. The SMILES string of the molecule is NC(=O)Oc1cccc(N(c2c(F)cccc2F)S(=O)(=O)O)c1F. The molecule has 2 aromatic carbocycles. The second kappa shape index (κ2) is 6.37. The number of hydrogen-bond donors (Lipinski definition) is 2. The first-order chi connectivity index (χ1) is 11.1. The predicted octanol–water partition coefficient (Wildman–Crippen LogP) is 2.50. The summed E-state index contributed by atoms with van der Waals surface area (Å²) in [6.45, 7) is 0. The maximum atomic E-state index is 14.4. The lowest BCUT2D eigenvalue weighted by atomic mass is 10.2. The highest BCUT2D eigenvalue weighted by molar-refractivity contribution is 7.87. The molecular weight excluding hydrogens is 353 g/mol. The maximum absolute atomic E-state index is 14.4. The number of anilines is 2. The standard InChI is InChI=1S/C13H9F3N2O5S/c14-7-3-1-4-8(15)12(7)18(24(20,21)22)9-5-2-6-10(11(9)16)23-13(17)19/h1-6H,(H2,17,19)(H,20,21,22). The number of nitrogens with zero attached hydrogens (tertiary/aromatic N) is 1. The van der Waals surface area contributed by atoms with E-state index in [9.17, 15) is 30.9 Å². The Labute approximate surface area is 133 Å². The maximum Gasteiger partial charge on any atom is 0.410 e. The lowest BCUT2D eigenvalue weighted by molar-refractivity contribution is 0.209. The van der Waals surface area contributed by atoms with E-state index in [1.807, 2.05) is 0 Å². The van der Waals surface area contributed by atoms with Crippen molar-refractivity contribution in [2.45, 2.75) is 0 Å². The number of carbonyl (C=O) groups is 1. The Morgan fingerprint density at radius 2 is 1.62 bits per heavy atom. The normalized spacial score (nSPS) is 11.2. The Hall–Kier alpha value is -2.79. The van der Waals surface area contributed by atoms with Crippen LogP contribution in [0.15, 0.2) is 36.4 Å². The molecule has 0 aromatic heterocycles. The summed E-state index contributed by atoms with van der Waals surface area (Å²) < 4.78 is 78.6. The number of amides is 1. The van der Waals surface area contributed by atoms with E-state index in [-0.39, 0.29) is 4.31 Å². The van der Waals surface area contributed by atoms with Gasteiger partial charge in [-0.25, -0.2) is 22.3 Å². The lowest BCUT2D eigenvalue weighted by Crippen LogP contribution is -2.28. The van der Waals surface area contributed by atoms with Crippen molar-refractivity contribution in [1.29, 1.82) is 0 Å². The Kier molecular flexibility index (Phi) is 4.66. The van der Waals surface area contributed by atoms with Crippen LogP contribution in [-0.2, 0) is 10.3 Å². The molecule has 0 saturated heterocycles. The molecule has 2 rings (SSSR count). The number of benzene rings is 2. The summed E-state index contributed by atoms with van der Waals surface area (Å²) in [5.74, 6) is -5.05. The van der Waals surface area contributed by atoms with Crippen molar-refractivity contribution in [2.24, 2.45) is 5.73 Å². The minimum absolute atomic E-state index is 0.305. The number of halogens is 3. The van der Waals surface area contributed by atoms with Crippen LogP contribution in [0.25, 0.3) is 0 Å². The van der Waals surface area contributed by atoms with E-state index in [0.717, 1.165) is 24.3 Å². The Morgan fingerprint density at radius 1 is 1.08 bits per heavy atom. The third-order valence-corrected chi connectivity index (χ3v) is 3.58. The summed E-state index contributed by atoms with van der Waals surface area (Å²) in [5.41, 5.74) is 2.51. The van der Waals surface area contributed by atoms with Gasteiger partial charge in [0, 0.05) is 0 Å². The molecule has 24 heavy (non-hydrogen) atoms. The van der Waals surface area contributed by atoms with Crippen LogP contribution in [0.4, 0.5) is 29.3 Å². The van der Waals surface area contributed by atoms with Gasteiger partial charge in [-0.15, -0.1) is 0 Å². The van der Waals surface area contributed by atoms with Crippen molar-refractivity contribution in [3.8, 4) is 5.75 Å². The van der Waals surface area contributed by atoms with E-state index in [1.54, 1.807) is 0 Å². The highest BCUT2D eigenvalue weighted by Crippen LogP contribution is 2.37. The molecule has 128 valence electrons. The number of hydrogen-bond acceptors (Lipinski definition) is 4. The van der Waals surface area contributed by atoms with Gasteiger partial charge in [0.1, 0.15) is 5.69 Å². The van der Waals surface area contributed by atoms with Crippen molar-refractivity contribution in [3.63, 3.8) is 0 Å². The molecule has 0 bridgehead atoms. The molecule has 0 fully saturated rings. The number of rotatable bonds is 4. The van der Waals surface area contributed by atoms with Crippen LogP contribution in [0.1, 0.15) is 0 Å². The number of carbonyl (C=O) groups excluding carboxylic acids is 1.